The van der Waals surface area contributed by atoms with E-state index in [2.05, 4.69) is 0 Å². The first-order valence-electron chi connectivity index (χ1n) is 7.86. The van der Waals surface area contributed by atoms with Crippen molar-refractivity contribution in [1.29, 1.82) is 0 Å². The minimum atomic E-state index is -1.32. The van der Waals surface area contributed by atoms with E-state index in [0.717, 1.165) is 0 Å². The quantitative estimate of drug-likeness (QED) is 0.894. The van der Waals surface area contributed by atoms with Gasteiger partial charge in [0.2, 0.25) is 6.79 Å². The van der Waals surface area contributed by atoms with Crippen LogP contribution in [0.3, 0.4) is 0 Å². The number of methoxy groups -OCH3 is 2. The van der Waals surface area contributed by atoms with Gasteiger partial charge in [0.1, 0.15) is 18.1 Å². The first-order chi connectivity index (χ1) is 12.1. The van der Waals surface area contributed by atoms with E-state index in [1.807, 2.05) is 0 Å². The number of ether oxygens (including phenoxy) is 6. The summed E-state index contributed by atoms with van der Waals surface area (Å²) in [6.45, 7) is 0.225. The molecule has 130 valence electrons. The molecule has 0 aliphatic carbocycles. The second kappa shape index (κ2) is 4.86. The maximum absolute atomic E-state index is 11.3. The summed E-state index contributed by atoms with van der Waals surface area (Å²) in [5.74, 6) is 3.46. The predicted octanol–water partition coefficient (Wildman–Crippen LogP) is 2.15. The second-order valence-corrected chi connectivity index (χ2v) is 6.16. The van der Waals surface area contributed by atoms with Gasteiger partial charge in [-0.3, -0.25) is 0 Å². The zero-order chi connectivity index (χ0) is 17.2. The van der Waals surface area contributed by atoms with Gasteiger partial charge in [0.25, 0.3) is 0 Å². The van der Waals surface area contributed by atoms with Gasteiger partial charge in [-0.15, -0.1) is 0 Å². The first kappa shape index (κ1) is 14.5. The smallest absolute Gasteiger partial charge is 0.231 e. The van der Waals surface area contributed by atoms with Crippen LogP contribution < -0.4 is 28.4 Å². The molecule has 25 heavy (non-hydrogen) atoms. The van der Waals surface area contributed by atoms with E-state index >= 15 is 0 Å². The number of hydrogen-bond donors (Lipinski definition) is 1. The summed E-state index contributed by atoms with van der Waals surface area (Å²) in [5.41, 5.74) is 0.00917. The SMILES string of the molecule is COc1cc2c(cc1OC)C1Oc3cc4c(cc3C1(O)CO2)OCO4. The molecule has 0 bridgehead atoms. The Kier molecular flexibility index (Phi) is 2.82. The third-order valence-electron chi connectivity index (χ3n) is 4.87. The fraction of sp³-hybridized carbons (Fsp3) is 0.333. The van der Waals surface area contributed by atoms with Crippen LogP contribution in [0.2, 0.25) is 0 Å². The Balaban J connectivity index is 1.64. The molecule has 3 aliphatic heterocycles. The largest absolute Gasteiger partial charge is 0.493 e. The van der Waals surface area contributed by atoms with E-state index in [9.17, 15) is 5.11 Å². The fourth-order valence-electron chi connectivity index (χ4n) is 3.59. The van der Waals surface area contributed by atoms with Crippen molar-refractivity contribution >= 4 is 0 Å². The van der Waals surface area contributed by atoms with Crippen LogP contribution in [0.25, 0.3) is 0 Å². The average molecular weight is 344 g/mol. The number of aliphatic hydroxyl groups is 1. The third kappa shape index (κ3) is 1.84. The Morgan fingerprint density at radius 2 is 1.64 bits per heavy atom. The number of rotatable bonds is 2. The summed E-state index contributed by atoms with van der Waals surface area (Å²) in [6.07, 6.45) is -0.617. The Morgan fingerprint density at radius 3 is 2.40 bits per heavy atom. The molecule has 2 aromatic rings. The molecule has 0 radical (unpaired) electrons. The lowest BCUT2D eigenvalue weighted by atomic mass is 9.84. The second-order valence-electron chi connectivity index (χ2n) is 6.16. The summed E-state index contributed by atoms with van der Waals surface area (Å²) in [5, 5.41) is 11.3. The molecule has 5 rings (SSSR count). The van der Waals surface area contributed by atoms with E-state index in [-0.39, 0.29) is 13.4 Å². The van der Waals surface area contributed by atoms with Crippen molar-refractivity contribution in [1.82, 2.24) is 0 Å². The topological polar surface area (TPSA) is 75.6 Å². The minimum absolute atomic E-state index is 0.0623. The normalized spacial score (nSPS) is 24.5. The number of fused-ring (bicyclic) bond motifs is 6. The van der Waals surface area contributed by atoms with Gasteiger partial charge in [0.05, 0.1) is 14.2 Å². The Labute approximate surface area is 143 Å². The van der Waals surface area contributed by atoms with Crippen LogP contribution in [-0.2, 0) is 5.60 Å². The van der Waals surface area contributed by atoms with Crippen molar-refractivity contribution < 1.29 is 33.5 Å². The summed E-state index contributed by atoms with van der Waals surface area (Å²) >= 11 is 0. The molecule has 7 nitrogen and oxygen atoms in total. The molecule has 2 unspecified atom stereocenters. The van der Waals surface area contributed by atoms with E-state index in [1.54, 1.807) is 38.5 Å². The molecule has 0 fully saturated rings. The number of hydrogen-bond acceptors (Lipinski definition) is 7. The van der Waals surface area contributed by atoms with Gasteiger partial charge in [-0.1, -0.05) is 0 Å². The van der Waals surface area contributed by atoms with Crippen LogP contribution in [0, 0.1) is 0 Å². The maximum atomic E-state index is 11.3. The van der Waals surface area contributed by atoms with Gasteiger partial charge < -0.3 is 33.5 Å². The molecule has 0 saturated carbocycles. The van der Waals surface area contributed by atoms with Crippen molar-refractivity contribution in [3.8, 4) is 34.5 Å². The maximum Gasteiger partial charge on any atom is 0.231 e. The van der Waals surface area contributed by atoms with Crippen LogP contribution in [0.1, 0.15) is 17.2 Å². The monoisotopic (exact) mass is 344 g/mol. The lowest BCUT2D eigenvalue weighted by Gasteiger charge is -2.35. The molecule has 3 aliphatic rings. The van der Waals surface area contributed by atoms with Crippen LogP contribution >= 0.6 is 0 Å². The van der Waals surface area contributed by atoms with Crippen molar-refractivity contribution in [2.45, 2.75) is 11.7 Å². The Bertz CT molecular complexity index is 878. The summed E-state index contributed by atoms with van der Waals surface area (Å²) in [7, 11) is 3.12. The highest BCUT2D eigenvalue weighted by atomic mass is 16.7. The van der Waals surface area contributed by atoms with Crippen LogP contribution in [-0.4, -0.2) is 32.7 Å². The van der Waals surface area contributed by atoms with Gasteiger partial charge in [0.15, 0.2) is 34.7 Å². The third-order valence-corrected chi connectivity index (χ3v) is 4.87. The standard InChI is InChI=1S/C18H16O7/c1-20-13-3-9-11(5-14(13)21-2)22-7-18(19)10-4-15-16(24-8-23-15)6-12(10)25-17(9)18/h3-6,17,19H,7-8H2,1-2H3. The summed E-state index contributed by atoms with van der Waals surface area (Å²) < 4.78 is 33.4. The molecule has 7 heteroatoms. The van der Waals surface area contributed by atoms with Crippen molar-refractivity contribution in [3.63, 3.8) is 0 Å². The highest BCUT2D eigenvalue weighted by Gasteiger charge is 2.54. The van der Waals surface area contributed by atoms with Crippen molar-refractivity contribution in [3.05, 3.63) is 35.4 Å². The van der Waals surface area contributed by atoms with E-state index in [0.29, 0.717) is 45.6 Å². The fourth-order valence-corrected chi connectivity index (χ4v) is 3.59. The van der Waals surface area contributed by atoms with Gasteiger partial charge in [-0.05, 0) is 12.1 Å². The van der Waals surface area contributed by atoms with E-state index in [4.69, 9.17) is 28.4 Å². The molecule has 0 amide bonds. The lowest BCUT2D eigenvalue weighted by Crippen LogP contribution is -2.41. The molecular formula is C18H16O7. The lowest BCUT2D eigenvalue weighted by molar-refractivity contribution is -0.0865. The van der Waals surface area contributed by atoms with Crippen LogP contribution in [0.15, 0.2) is 24.3 Å². The summed E-state index contributed by atoms with van der Waals surface area (Å²) in [6, 6.07) is 7.02. The molecule has 3 heterocycles. The van der Waals surface area contributed by atoms with Gasteiger partial charge in [-0.25, -0.2) is 0 Å². The zero-order valence-corrected chi connectivity index (χ0v) is 13.7. The van der Waals surface area contributed by atoms with Gasteiger partial charge in [-0.2, -0.15) is 0 Å². The van der Waals surface area contributed by atoms with E-state index < -0.39 is 11.7 Å². The van der Waals surface area contributed by atoms with Gasteiger partial charge >= 0.3 is 0 Å². The van der Waals surface area contributed by atoms with E-state index in [1.165, 1.54) is 0 Å². The average Bonchev–Trinajstić information content (AvgIpc) is 3.20. The first-order valence-corrected chi connectivity index (χ1v) is 7.86. The highest BCUT2D eigenvalue weighted by Crippen LogP contribution is 2.57. The molecule has 0 aromatic heterocycles. The molecule has 1 N–H and O–H groups in total. The summed E-state index contributed by atoms with van der Waals surface area (Å²) in [4.78, 5) is 0. The van der Waals surface area contributed by atoms with Gasteiger partial charge in [0, 0.05) is 23.3 Å². The molecule has 0 saturated heterocycles. The van der Waals surface area contributed by atoms with Crippen LogP contribution in [0.4, 0.5) is 0 Å². The molecule has 2 aromatic carbocycles. The predicted molar refractivity (Wildman–Crippen MR) is 84.9 cm³/mol. The van der Waals surface area contributed by atoms with Crippen LogP contribution in [0.5, 0.6) is 34.5 Å². The minimum Gasteiger partial charge on any atom is -0.493 e. The zero-order valence-electron chi connectivity index (χ0n) is 13.7. The number of benzene rings is 2. The Morgan fingerprint density at radius 1 is 0.920 bits per heavy atom. The molecule has 0 spiro atoms. The van der Waals surface area contributed by atoms with Crippen molar-refractivity contribution in [2.24, 2.45) is 0 Å². The Hall–Kier alpha value is -2.80. The van der Waals surface area contributed by atoms with Crippen molar-refractivity contribution in [2.75, 3.05) is 27.6 Å². The molecule has 2 atom stereocenters. The highest BCUT2D eigenvalue weighted by molar-refractivity contribution is 5.60. The molecular weight excluding hydrogens is 328 g/mol.